The summed E-state index contributed by atoms with van der Waals surface area (Å²) in [5, 5.41) is 6.63. The van der Waals surface area contributed by atoms with Crippen molar-refractivity contribution in [2.45, 2.75) is 45.8 Å². The number of ether oxygens (including phenoxy) is 2. The fourth-order valence-corrected chi connectivity index (χ4v) is 5.40. The van der Waals surface area contributed by atoms with Crippen molar-refractivity contribution in [3.05, 3.63) is 81.3 Å². The van der Waals surface area contributed by atoms with E-state index in [0.29, 0.717) is 33.7 Å². The van der Waals surface area contributed by atoms with Crippen molar-refractivity contribution in [1.82, 2.24) is 15.3 Å². The number of fused-ring (bicyclic) bond motifs is 2. The van der Waals surface area contributed by atoms with Gasteiger partial charge in [0.05, 0.1) is 18.1 Å². The molecule has 0 saturated carbocycles. The Morgan fingerprint density at radius 1 is 1.18 bits per heavy atom. The number of aromatic amines is 1. The lowest BCUT2D eigenvalue weighted by atomic mass is 10.0. The van der Waals surface area contributed by atoms with E-state index in [1.165, 1.54) is 24.7 Å². The van der Waals surface area contributed by atoms with E-state index in [1.807, 2.05) is 49.7 Å². The molecule has 0 bridgehead atoms. The highest BCUT2D eigenvalue weighted by molar-refractivity contribution is 7.13. The van der Waals surface area contributed by atoms with Gasteiger partial charge in [0, 0.05) is 40.7 Å². The molecule has 0 aliphatic heterocycles. The van der Waals surface area contributed by atoms with Crippen LogP contribution in [0.25, 0.3) is 32.4 Å². The highest BCUT2D eigenvalue weighted by Gasteiger charge is 2.27. The first-order chi connectivity index (χ1) is 19.3. The van der Waals surface area contributed by atoms with Crippen LogP contribution in [-0.2, 0) is 27.2 Å². The highest BCUT2D eigenvalue weighted by Crippen LogP contribution is 2.29. The average Bonchev–Trinajstić information content (AvgIpc) is 3.58. The predicted molar refractivity (Wildman–Crippen MR) is 154 cm³/mol. The van der Waals surface area contributed by atoms with Crippen molar-refractivity contribution in [2.24, 2.45) is 0 Å². The zero-order valence-electron chi connectivity index (χ0n) is 22.6. The summed E-state index contributed by atoms with van der Waals surface area (Å²) in [5.41, 5.74) is 3.96. The normalized spacial score (nSPS) is 12.8. The van der Waals surface area contributed by atoms with Crippen molar-refractivity contribution >= 4 is 45.1 Å². The van der Waals surface area contributed by atoms with Crippen LogP contribution in [-0.4, -0.2) is 41.1 Å². The van der Waals surface area contributed by atoms with Gasteiger partial charge in [-0.15, -0.1) is 11.3 Å². The number of para-hydroxylation sites is 1. The number of nitrogens with zero attached hydrogens (tertiary/aromatic N) is 1. The molecule has 0 saturated heterocycles. The summed E-state index contributed by atoms with van der Waals surface area (Å²) in [4.78, 5) is 46.5. The number of aryl methyl sites for hydroxylation is 2. The number of rotatable bonds is 9. The molecule has 2 aromatic carbocycles. The van der Waals surface area contributed by atoms with Crippen LogP contribution in [0.4, 0.5) is 0 Å². The van der Waals surface area contributed by atoms with Crippen molar-refractivity contribution in [3.8, 4) is 16.3 Å². The third-order valence-corrected chi connectivity index (χ3v) is 7.75. The number of nitrogens with one attached hydrogen (secondary N) is 2. The largest absolute Gasteiger partial charge is 0.480 e. The van der Waals surface area contributed by atoms with Gasteiger partial charge in [0.15, 0.2) is 6.10 Å². The van der Waals surface area contributed by atoms with E-state index >= 15 is 0 Å². The molecular weight excluding hydrogens is 530 g/mol. The van der Waals surface area contributed by atoms with E-state index in [1.54, 1.807) is 19.1 Å². The Bertz CT molecular complexity index is 1770. The highest BCUT2D eigenvalue weighted by atomic mass is 32.1. The van der Waals surface area contributed by atoms with Gasteiger partial charge < -0.3 is 24.2 Å². The van der Waals surface area contributed by atoms with Gasteiger partial charge >= 0.3 is 5.97 Å². The van der Waals surface area contributed by atoms with E-state index in [9.17, 15) is 14.4 Å². The molecule has 0 aliphatic rings. The summed E-state index contributed by atoms with van der Waals surface area (Å²) >= 11 is 1.38. The number of amides is 1. The summed E-state index contributed by atoms with van der Waals surface area (Å²) in [6.45, 7) is 5.40. The van der Waals surface area contributed by atoms with Crippen LogP contribution in [0.1, 0.15) is 30.7 Å². The van der Waals surface area contributed by atoms with E-state index in [0.717, 1.165) is 27.7 Å². The van der Waals surface area contributed by atoms with Gasteiger partial charge in [-0.1, -0.05) is 25.1 Å². The maximum absolute atomic E-state index is 13.2. The molecule has 1 amide bonds. The summed E-state index contributed by atoms with van der Waals surface area (Å²) in [5.74, 6) is -0.614. The molecule has 9 nitrogen and oxygen atoms in total. The van der Waals surface area contributed by atoms with Gasteiger partial charge in [0.1, 0.15) is 28.6 Å². The molecule has 3 heterocycles. The molecule has 206 valence electrons. The van der Waals surface area contributed by atoms with Crippen molar-refractivity contribution in [2.75, 3.05) is 7.11 Å². The first-order valence-electron chi connectivity index (χ1n) is 12.9. The van der Waals surface area contributed by atoms with E-state index in [-0.39, 0.29) is 11.8 Å². The topological polar surface area (TPSA) is 124 Å². The molecule has 2 atom stereocenters. The van der Waals surface area contributed by atoms with Crippen LogP contribution < -0.4 is 15.5 Å². The molecule has 0 aliphatic carbocycles. The molecular formula is C30H29N3O6S. The van der Waals surface area contributed by atoms with E-state index in [2.05, 4.69) is 15.3 Å². The number of hydrogen-bond donors (Lipinski definition) is 2. The maximum Gasteiger partial charge on any atom is 0.328 e. The average molecular weight is 560 g/mol. The van der Waals surface area contributed by atoms with Gasteiger partial charge in [-0.3, -0.25) is 9.59 Å². The van der Waals surface area contributed by atoms with Crippen LogP contribution in [0.5, 0.6) is 5.75 Å². The smallest absolute Gasteiger partial charge is 0.328 e. The predicted octanol–water partition coefficient (Wildman–Crippen LogP) is 4.94. The van der Waals surface area contributed by atoms with E-state index < -0.39 is 24.0 Å². The Kier molecular flexibility index (Phi) is 7.70. The van der Waals surface area contributed by atoms with Gasteiger partial charge in [0.25, 0.3) is 5.91 Å². The standard InChI is InChI=1S/C30H29N3O6S/c1-5-18-10-21-26(38-14-22(27(21)34)29-32-16(2)15-40-29)12-25(18)39-17(3)28(35)33-24(30(36)37-4)11-19-13-31-23-9-7-6-8-20(19)23/h6-10,12-15,17,24,31H,5,11H2,1-4H3,(H,33,35). The van der Waals surface area contributed by atoms with Gasteiger partial charge in [0.2, 0.25) is 5.43 Å². The zero-order valence-corrected chi connectivity index (χ0v) is 23.4. The van der Waals surface area contributed by atoms with Crippen LogP contribution in [0.2, 0.25) is 0 Å². The van der Waals surface area contributed by atoms with Gasteiger partial charge in [-0.05, 0) is 43.5 Å². The second kappa shape index (κ2) is 11.4. The first kappa shape index (κ1) is 27.1. The Hall–Kier alpha value is -4.44. The van der Waals surface area contributed by atoms with Gasteiger partial charge in [-0.2, -0.15) is 0 Å². The molecule has 2 N–H and O–H groups in total. The molecule has 0 fully saturated rings. The number of thiazole rings is 1. The van der Waals surface area contributed by atoms with E-state index in [4.69, 9.17) is 13.9 Å². The lowest BCUT2D eigenvalue weighted by Gasteiger charge is -2.21. The SMILES string of the molecule is CCc1cc2c(=O)c(-c3nc(C)cs3)coc2cc1OC(C)C(=O)NC(Cc1c[nH]c2ccccc12)C(=O)OC. The number of carbonyl (C=O) groups excluding carboxylic acids is 2. The maximum atomic E-state index is 13.2. The van der Waals surface area contributed by atoms with Crippen molar-refractivity contribution < 1.29 is 23.5 Å². The van der Waals surface area contributed by atoms with Crippen LogP contribution in [0.3, 0.4) is 0 Å². The Morgan fingerprint density at radius 3 is 2.70 bits per heavy atom. The number of esters is 1. The minimum Gasteiger partial charge on any atom is -0.480 e. The molecule has 0 radical (unpaired) electrons. The summed E-state index contributed by atoms with van der Waals surface area (Å²) in [7, 11) is 1.29. The van der Waals surface area contributed by atoms with Crippen LogP contribution in [0.15, 0.2) is 63.4 Å². The fraction of sp³-hybridized carbons (Fsp3) is 0.267. The Balaban J connectivity index is 1.36. The summed E-state index contributed by atoms with van der Waals surface area (Å²) in [6.07, 6.45) is 3.09. The fourth-order valence-electron chi connectivity index (χ4n) is 4.60. The molecule has 5 aromatic rings. The van der Waals surface area contributed by atoms with Crippen LogP contribution in [0, 0.1) is 6.92 Å². The first-order valence-corrected chi connectivity index (χ1v) is 13.8. The molecule has 2 unspecified atom stereocenters. The minimum atomic E-state index is -0.942. The monoisotopic (exact) mass is 559 g/mol. The minimum absolute atomic E-state index is 0.180. The quantitative estimate of drug-likeness (QED) is 0.245. The lowest BCUT2D eigenvalue weighted by Crippen LogP contribution is -2.47. The number of hydrogen-bond acceptors (Lipinski definition) is 8. The molecule has 40 heavy (non-hydrogen) atoms. The second-order valence-electron chi connectivity index (χ2n) is 9.49. The number of benzene rings is 2. The molecule has 5 rings (SSSR count). The third-order valence-electron chi connectivity index (χ3n) is 6.76. The summed E-state index contributed by atoms with van der Waals surface area (Å²) in [6, 6.07) is 10.2. The lowest BCUT2D eigenvalue weighted by molar-refractivity contribution is -0.145. The zero-order chi connectivity index (χ0) is 28.4. The summed E-state index contributed by atoms with van der Waals surface area (Å²) < 4.78 is 16.8. The number of carbonyl (C=O) groups is 2. The number of H-pyrrole nitrogens is 1. The Morgan fingerprint density at radius 2 is 1.98 bits per heavy atom. The van der Waals surface area contributed by atoms with Crippen LogP contribution >= 0.6 is 11.3 Å². The van der Waals surface area contributed by atoms with Gasteiger partial charge in [-0.25, -0.2) is 9.78 Å². The number of aromatic nitrogens is 2. The molecule has 0 spiro atoms. The van der Waals surface area contributed by atoms with Crippen molar-refractivity contribution in [3.63, 3.8) is 0 Å². The Labute approximate surface area is 234 Å². The number of methoxy groups -OCH3 is 1. The molecule has 3 aromatic heterocycles. The third kappa shape index (κ3) is 5.35. The second-order valence-corrected chi connectivity index (χ2v) is 10.3. The van der Waals surface area contributed by atoms with Crippen molar-refractivity contribution in [1.29, 1.82) is 0 Å². The molecule has 10 heteroatoms.